The highest BCUT2D eigenvalue weighted by Crippen LogP contribution is 2.52. The Morgan fingerprint density at radius 3 is 2.21 bits per heavy atom. The Hall–Kier alpha value is 0.530. The maximum Gasteiger partial charge on any atom is 0.188 e. The number of nitrogens with zero attached hydrogens (tertiary/aromatic N) is 1. The summed E-state index contributed by atoms with van der Waals surface area (Å²) in [6.45, 7) is 10.2. The van der Waals surface area contributed by atoms with Gasteiger partial charge < -0.3 is 13.9 Å². The van der Waals surface area contributed by atoms with Gasteiger partial charge in [-0.05, 0) is 49.6 Å². The molecular weight excluding hydrogens is 277 g/mol. The first kappa shape index (κ1) is 15.9. The molecule has 0 aliphatic carbocycles. The smallest absolute Gasteiger partial charge is 0.188 e. The monoisotopic (exact) mass is 305 g/mol. The van der Waals surface area contributed by atoms with Crippen molar-refractivity contribution in [1.82, 2.24) is 4.90 Å². The predicted octanol–water partition coefficient (Wildman–Crippen LogP) is 3.35. The molecule has 0 aromatic rings. The minimum atomic E-state index is -1.89. The molecule has 0 spiro atoms. The van der Waals surface area contributed by atoms with Gasteiger partial charge in [0.25, 0.3) is 0 Å². The molecule has 0 amide bonds. The quantitative estimate of drug-likeness (QED) is 0.743. The van der Waals surface area contributed by atoms with Crippen LogP contribution in [0.1, 0.15) is 33.6 Å². The van der Waals surface area contributed by atoms with Gasteiger partial charge in [-0.3, -0.25) is 0 Å². The van der Waals surface area contributed by atoms with Crippen molar-refractivity contribution in [3.63, 3.8) is 0 Å². The predicted molar refractivity (Wildman–Crippen MR) is 84.2 cm³/mol. The molecule has 2 aliphatic heterocycles. The molecule has 0 bridgehead atoms. The topological polar surface area (TPSA) is 21.7 Å². The van der Waals surface area contributed by atoms with E-state index >= 15 is 0 Å². The highest BCUT2D eigenvalue weighted by Gasteiger charge is 2.33. The van der Waals surface area contributed by atoms with E-state index in [2.05, 4.69) is 25.7 Å². The molecule has 2 aliphatic rings. The zero-order valence-corrected chi connectivity index (χ0v) is 14.2. The number of likely N-dealkylation sites (tertiary alicyclic amines) is 1. The fraction of sp³-hybridized carbons (Fsp3) is 1.00. The molecule has 3 nitrogen and oxygen atoms in total. The standard InChI is InChI=1S/C14H28NO2PS/c1-4-18(19)16-10-14(11-17-18)13-5-7-15(8-6-13)9-12(2)3/h12-14H,4-11H2,1-3H3. The first-order chi connectivity index (χ1) is 9.02. The Morgan fingerprint density at radius 1 is 1.16 bits per heavy atom. The van der Waals surface area contributed by atoms with E-state index in [1.54, 1.807) is 0 Å². The van der Waals surface area contributed by atoms with Crippen molar-refractivity contribution >= 4 is 18.3 Å². The van der Waals surface area contributed by atoms with Crippen LogP contribution in [0.25, 0.3) is 0 Å². The van der Waals surface area contributed by atoms with E-state index < -0.39 is 6.49 Å². The van der Waals surface area contributed by atoms with E-state index in [0.717, 1.165) is 31.2 Å². The van der Waals surface area contributed by atoms with Crippen LogP contribution in [0.4, 0.5) is 0 Å². The first-order valence-electron chi connectivity index (χ1n) is 7.63. The highest BCUT2D eigenvalue weighted by molar-refractivity contribution is 8.09. The van der Waals surface area contributed by atoms with Gasteiger partial charge in [0.15, 0.2) is 6.49 Å². The lowest BCUT2D eigenvalue weighted by Gasteiger charge is -2.40. The maximum absolute atomic E-state index is 5.86. The molecule has 0 unspecified atom stereocenters. The summed E-state index contributed by atoms with van der Waals surface area (Å²) in [5.74, 6) is 2.11. The summed E-state index contributed by atoms with van der Waals surface area (Å²) in [4.78, 5) is 2.60. The Kier molecular flexibility index (Phi) is 5.86. The summed E-state index contributed by atoms with van der Waals surface area (Å²) in [7, 11) is 0. The van der Waals surface area contributed by atoms with E-state index in [0.29, 0.717) is 5.92 Å². The summed E-state index contributed by atoms with van der Waals surface area (Å²) in [5.41, 5.74) is 0. The third-order valence-corrected chi connectivity index (χ3v) is 7.55. The van der Waals surface area contributed by atoms with Crippen LogP contribution in [-0.2, 0) is 20.9 Å². The molecule has 0 N–H and O–H groups in total. The normalized spacial score (nSPS) is 34.8. The molecule has 2 rings (SSSR count). The summed E-state index contributed by atoms with van der Waals surface area (Å²) in [6, 6.07) is 0. The van der Waals surface area contributed by atoms with Crippen LogP contribution in [0, 0.1) is 17.8 Å². The van der Waals surface area contributed by atoms with E-state index in [9.17, 15) is 0 Å². The SMILES string of the molecule is CCP1(=S)OCC(C2CCN(CC(C)C)CC2)CO1. The minimum Gasteiger partial charge on any atom is -0.329 e. The molecule has 19 heavy (non-hydrogen) atoms. The number of hydrogen-bond acceptors (Lipinski definition) is 4. The second-order valence-corrected chi connectivity index (χ2v) is 10.4. The van der Waals surface area contributed by atoms with Gasteiger partial charge in [0.2, 0.25) is 0 Å². The summed E-state index contributed by atoms with van der Waals surface area (Å²) in [6.07, 6.45) is 3.44. The Bertz CT molecular complexity index is 317. The van der Waals surface area contributed by atoms with Crippen LogP contribution in [0.2, 0.25) is 0 Å². The van der Waals surface area contributed by atoms with Gasteiger partial charge in [-0.25, -0.2) is 0 Å². The van der Waals surface area contributed by atoms with Gasteiger partial charge in [0.1, 0.15) is 0 Å². The van der Waals surface area contributed by atoms with Crippen molar-refractivity contribution in [2.45, 2.75) is 33.6 Å². The molecule has 5 heteroatoms. The fourth-order valence-electron chi connectivity index (χ4n) is 3.08. The number of rotatable bonds is 4. The van der Waals surface area contributed by atoms with Crippen LogP contribution in [0.3, 0.4) is 0 Å². The molecule has 0 radical (unpaired) electrons. The second-order valence-electron chi connectivity index (χ2n) is 6.31. The molecule has 0 atom stereocenters. The average molecular weight is 305 g/mol. The third kappa shape index (κ3) is 4.50. The molecule has 2 heterocycles. The minimum absolute atomic E-state index is 0.573. The number of hydrogen-bond donors (Lipinski definition) is 0. The van der Waals surface area contributed by atoms with Crippen LogP contribution in [-0.4, -0.2) is 43.9 Å². The van der Waals surface area contributed by atoms with Gasteiger partial charge in [-0.2, -0.15) is 0 Å². The van der Waals surface area contributed by atoms with Crippen molar-refractivity contribution in [3.8, 4) is 0 Å². The van der Waals surface area contributed by atoms with Gasteiger partial charge in [0, 0.05) is 18.6 Å². The van der Waals surface area contributed by atoms with Crippen LogP contribution >= 0.6 is 6.49 Å². The lowest BCUT2D eigenvalue weighted by Crippen LogP contribution is -2.40. The van der Waals surface area contributed by atoms with Gasteiger partial charge in [-0.1, -0.05) is 20.8 Å². The summed E-state index contributed by atoms with van der Waals surface area (Å²) in [5, 5.41) is 0. The van der Waals surface area contributed by atoms with Gasteiger partial charge in [-0.15, -0.1) is 0 Å². The van der Waals surface area contributed by atoms with E-state index in [4.69, 9.17) is 20.9 Å². The average Bonchev–Trinajstić information content (AvgIpc) is 2.40. The van der Waals surface area contributed by atoms with Gasteiger partial charge >= 0.3 is 0 Å². The summed E-state index contributed by atoms with van der Waals surface area (Å²) >= 11 is 5.43. The summed E-state index contributed by atoms with van der Waals surface area (Å²) < 4.78 is 11.7. The second kappa shape index (κ2) is 7.00. The molecule has 2 saturated heterocycles. The number of piperidine rings is 1. The third-order valence-electron chi connectivity index (χ3n) is 4.28. The van der Waals surface area contributed by atoms with Crippen LogP contribution < -0.4 is 0 Å². The van der Waals surface area contributed by atoms with Crippen molar-refractivity contribution in [2.75, 3.05) is 39.0 Å². The highest BCUT2D eigenvalue weighted by atomic mass is 32.5. The zero-order valence-electron chi connectivity index (χ0n) is 12.5. The lowest BCUT2D eigenvalue weighted by atomic mass is 9.85. The zero-order chi connectivity index (χ0) is 13.9. The van der Waals surface area contributed by atoms with Crippen molar-refractivity contribution < 1.29 is 9.05 Å². The lowest BCUT2D eigenvalue weighted by molar-refractivity contribution is 0.0483. The van der Waals surface area contributed by atoms with E-state index in [1.165, 1.54) is 32.5 Å². The fourth-order valence-corrected chi connectivity index (χ4v) is 4.72. The van der Waals surface area contributed by atoms with Crippen LogP contribution in [0.5, 0.6) is 0 Å². The first-order valence-corrected chi connectivity index (χ1v) is 10.4. The van der Waals surface area contributed by atoms with Gasteiger partial charge in [0.05, 0.1) is 13.2 Å². The molecular formula is C14H28NO2PS. The maximum atomic E-state index is 5.86. The Morgan fingerprint density at radius 2 is 1.74 bits per heavy atom. The largest absolute Gasteiger partial charge is 0.329 e. The molecule has 0 aromatic carbocycles. The van der Waals surface area contributed by atoms with E-state index in [1.807, 2.05) is 0 Å². The molecule has 0 aromatic heterocycles. The molecule has 112 valence electrons. The van der Waals surface area contributed by atoms with Crippen molar-refractivity contribution in [1.29, 1.82) is 0 Å². The van der Waals surface area contributed by atoms with E-state index in [-0.39, 0.29) is 0 Å². The van der Waals surface area contributed by atoms with Crippen molar-refractivity contribution in [3.05, 3.63) is 0 Å². The Labute approximate surface area is 123 Å². The molecule has 2 fully saturated rings. The molecule has 0 saturated carbocycles. The Balaban J connectivity index is 1.75. The van der Waals surface area contributed by atoms with Crippen LogP contribution in [0.15, 0.2) is 0 Å². The van der Waals surface area contributed by atoms with Crippen molar-refractivity contribution in [2.24, 2.45) is 17.8 Å².